The van der Waals surface area contributed by atoms with Gasteiger partial charge in [0.1, 0.15) is 0 Å². The Balaban J connectivity index is 2.11. The maximum Gasteiger partial charge on any atom is 0.224 e. The minimum atomic E-state index is -0.0205. The van der Waals surface area contributed by atoms with Gasteiger partial charge in [0.2, 0.25) is 11.8 Å². The number of aryl methyl sites for hydroxylation is 1. The van der Waals surface area contributed by atoms with Crippen LogP contribution < -0.4 is 9.80 Å². The van der Waals surface area contributed by atoms with E-state index in [1.54, 1.807) is 11.8 Å². The number of hydrogen-bond donors (Lipinski definition) is 0. The second-order valence-corrected chi connectivity index (χ2v) is 6.65. The Morgan fingerprint density at radius 2 is 1.76 bits per heavy atom. The summed E-state index contributed by atoms with van der Waals surface area (Å²) in [5.41, 5.74) is 3.13. The average Bonchev–Trinajstić information content (AvgIpc) is 3.12. The molecule has 0 unspecified atom stereocenters. The van der Waals surface area contributed by atoms with Gasteiger partial charge in [0.05, 0.1) is 0 Å². The van der Waals surface area contributed by atoms with Crippen molar-refractivity contribution in [1.82, 2.24) is 4.90 Å². The molecule has 0 aromatic heterocycles. The van der Waals surface area contributed by atoms with Crippen LogP contribution >= 0.6 is 0 Å². The molecule has 0 spiro atoms. The molecule has 0 aliphatic carbocycles. The maximum atomic E-state index is 12.3. The van der Waals surface area contributed by atoms with E-state index in [9.17, 15) is 9.59 Å². The SMILES string of the molecule is CCN(CC)c1ccc(N(CCC(=O)N2CCCC2)C(C)=O)c(C)c1. The molecule has 1 fully saturated rings. The third-order valence-corrected chi connectivity index (χ3v) is 4.99. The van der Waals surface area contributed by atoms with Crippen LogP contribution in [-0.2, 0) is 9.59 Å². The fourth-order valence-corrected chi connectivity index (χ4v) is 3.51. The highest BCUT2D eigenvalue weighted by Gasteiger charge is 2.21. The summed E-state index contributed by atoms with van der Waals surface area (Å²) < 4.78 is 0. The van der Waals surface area contributed by atoms with Crippen molar-refractivity contribution < 1.29 is 9.59 Å². The third kappa shape index (κ3) is 4.74. The monoisotopic (exact) mass is 345 g/mol. The van der Waals surface area contributed by atoms with Crippen LogP contribution in [-0.4, -0.2) is 49.4 Å². The summed E-state index contributed by atoms with van der Waals surface area (Å²) in [6.45, 7) is 11.9. The van der Waals surface area contributed by atoms with Crippen LogP contribution in [0, 0.1) is 6.92 Å². The van der Waals surface area contributed by atoms with E-state index in [0.717, 1.165) is 50.3 Å². The zero-order valence-corrected chi connectivity index (χ0v) is 16.0. The van der Waals surface area contributed by atoms with Gasteiger partial charge >= 0.3 is 0 Å². The molecule has 2 amide bonds. The van der Waals surface area contributed by atoms with Gasteiger partial charge in [-0.3, -0.25) is 9.59 Å². The predicted molar refractivity (Wildman–Crippen MR) is 103 cm³/mol. The molecule has 138 valence electrons. The van der Waals surface area contributed by atoms with Gasteiger partial charge in [-0.1, -0.05) is 0 Å². The maximum absolute atomic E-state index is 12.3. The first-order chi connectivity index (χ1) is 12.0. The predicted octanol–water partition coefficient (Wildman–Crippen LogP) is 3.21. The van der Waals surface area contributed by atoms with Gasteiger partial charge < -0.3 is 14.7 Å². The first-order valence-electron chi connectivity index (χ1n) is 9.39. The number of hydrogen-bond acceptors (Lipinski definition) is 3. The molecule has 0 saturated carbocycles. The van der Waals surface area contributed by atoms with Crippen molar-refractivity contribution in [3.63, 3.8) is 0 Å². The van der Waals surface area contributed by atoms with Crippen molar-refractivity contribution in [3.05, 3.63) is 23.8 Å². The van der Waals surface area contributed by atoms with Gasteiger partial charge in [0, 0.05) is 57.4 Å². The average molecular weight is 345 g/mol. The van der Waals surface area contributed by atoms with E-state index in [2.05, 4.69) is 30.9 Å². The van der Waals surface area contributed by atoms with E-state index >= 15 is 0 Å². The lowest BCUT2D eigenvalue weighted by atomic mass is 10.1. The van der Waals surface area contributed by atoms with E-state index in [1.807, 2.05) is 17.9 Å². The Morgan fingerprint density at radius 1 is 1.12 bits per heavy atom. The van der Waals surface area contributed by atoms with Crippen LogP contribution in [0.5, 0.6) is 0 Å². The van der Waals surface area contributed by atoms with Gasteiger partial charge in [-0.25, -0.2) is 0 Å². The van der Waals surface area contributed by atoms with Gasteiger partial charge in [-0.15, -0.1) is 0 Å². The molecule has 1 heterocycles. The largest absolute Gasteiger partial charge is 0.372 e. The molecule has 0 bridgehead atoms. The molecule has 25 heavy (non-hydrogen) atoms. The Morgan fingerprint density at radius 3 is 2.28 bits per heavy atom. The zero-order valence-electron chi connectivity index (χ0n) is 16.0. The summed E-state index contributed by atoms with van der Waals surface area (Å²) in [4.78, 5) is 30.4. The summed E-state index contributed by atoms with van der Waals surface area (Å²) >= 11 is 0. The molecule has 1 aromatic carbocycles. The fourth-order valence-electron chi connectivity index (χ4n) is 3.51. The van der Waals surface area contributed by atoms with Crippen molar-refractivity contribution in [2.45, 2.75) is 47.0 Å². The van der Waals surface area contributed by atoms with Crippen molar-refractivity contribution in [2.24, 2.45) is 0 Å². The number of rotatable bonds is 7. The Labute approximate surface area is 151 Å². The molecule has 0 radical (unpaired) electrons. The van der Waals surface area contributed by atoms with Crippen LogP contribution in [0.1, 0.15) is 45.6 Å². The first-order valence-corrected chi connectivity index (χ1v) is 9.39. The van der Waals surface area contributed by atoms with Crippen LogP contribution in [0.25, 0.3) is 0 Å². The minimum Gasteiger partial charge on any atom is -0.372 e. The van der Waals surface area contributed by atoms with E-state index in [1.165, 1.54) is 5.69 Å². The lowest BCUT2D eigenvalue weighted by Gasteiger charge is -2.27. The van der Waals surface area contributed by atoms with Crippen LogP contribution in [0.2, 0.25) is 0 Å². The number of nitrogens with zero attached hydrogens (tertiary/aromatic N) is 3. The Bertz CT molecular complexity index is 605. The molecule has 1 aromatic rings. The van der Waals surface area contributed by atoms with E-state index in [4.69, 9.17) is 0 Å². The highest BCUT2D eigenvalue weighted by molar-refractivity contribution is 5.93. The number of anilines is 2. The number of amides is 2. The van der Waals surface area contributed by atoms with E-state index in [-0.39, 0.29) is 11.8 Å². The summed E-state index contributed by atoms with van der Waals surface area (Å²) in [6, 6.07) is 6.19. The minimum absolute atomic E-state index is 0.0205. The number of benzene rings is 1. The summed E-state index contributed by atoms with van der Waals surface area (Å²) in [5.74, 6) is 0.133. The summed E-state index contributed by atoms with van der Waals surface area (Å²) in [7, 11) is 0. The van der Waals surface area contributed by atoms with Crippen LogP contribution in [0.3, 0.4) is 0 Å². The van der Waals surface area contributed by atoms with E-state index in [0.29, 0.717) is 13.0 Å². The fraction of sp³-hybridized carbons (Fsp3) is 0.600. The Kier molecular flexibility index (Phi) is 6.85. The van der Waals surface area contributed by atoms with Crippen molar-refractivity contribution in [3.8, 4) is 0 Å². The molecule has 1 saturated heterocycles. The molecule has 2 rings (SSSR count). The topological polar surface area (TPSA) is 43.9 Å². The summed E-state index contributed by atoms with van der Waals surface area (Å²) in [5, 5.41) is 0. The molecular formula is C20H31N3O2. The quantitative estimate of drug-likeness (QED) is 0.762. The molecule has 1 aliphatic rings. The normalized spacial score (nSPS) is 13.8. The summed E-state index contributed by atoms with van der Waals surface area (Å²) in [6.07, 6.45) is 2.57. The number of likely N-dealkylation sites (tertiary alicyclic amines) is 1. The highest BCUT2D eigenvalue weighted by atomic mass is 16.2. The van der Waals surface area contributed by atoms with Gasteiger partial charge in [-0.2, -0.15) is 0 Å². The lowest BCUT2D eigenvalue weighted by molar-refractivity contribution is -0.129. The van der Waals surface area contributed by atoms with Gasteiger partial charge in [-0.05, 0) is 57.4 Å². The zero-order chi connectivity index (χ0) is 18.4. The van der Waals surface area contributed by atoms with Crippen LogP contribution in [0.4, 0.5) is 11.4 Å². The second-order valence-electron chi connectivity index (χ2n) is 6.65. The Hall–Kier alpha value is -2.04. The van der Waals surface area contributed by atoms with Crippen molar-refractivity contribution in [2.75, 3.05) is 42.5 Å². The number of carbonyl (C=O) groups excluding carboxylic acids is 2. The second kappa shape index (κ2) is 8.88. The molecule has 0 N–H and O–H groups in total. The van der Waals surface area contributed by atoms with E-state index < -0.39 is 0 Å². The molecule has 5 heteroatoms. The molecule has 0 atom stereocenters. The van der Waals surface area contributed by atoms with Gasteiger partial charge in [0.25, 0.3) is 0 Å². The molecule has 5 nitrogen and oxygen atoms in total. The van der Waals surface area contributed by atoms with Crippen LogP contribution in [0.15, 0.2) is 18.2 Å². The molecule has 1 aliphatic heterocycles. The molecular weight excluding hydrogens is 314 g/mol. The lowest BCUT2D eigenvalue weighted by Crippen LogP contribution is -2.35. The standard InChI is InChI=1S/C20H31N3O2/c1-5-21(6-2)18-9-10-19(16(3)15-18)23(17(4)24)14-11-20(25)22-12-7-8-13-22/h9-10,15H,5-8,11-14H2,1-4H3. The first kappa shape index (κ1) is 19.3. The number of carbonyl (C=O) groups is 2. The third-order valence-electron chi connectivity index (χ3n) is 4.99. The smallest absolute Gasteiger partial charge is 0.224 e. The highest BCUT2D eigenvalue weighted by Crippen LogP contribution is 2.26. The van der Waals surface area contributed by atoms with Crippen molar-refractivity contribution >= 4 is 23.2 Å². The van der Waals surface area contributed by atoms with Gasteiger partial charge in [0.15, 0.2) is 0 Å². The van der Waals surface area contributed by atoms with Crippen molar-refractivity contribution in [1.29, 1.82) is 0 Å².